The monoisotopic (exact) mass is 272 g/mol. The van der Waals surface area contributed by atoms with Gasteiger partial charge in [-0.2, -0.15) is 0 Å². The molecular weight excluding hydrogens is 258 g/mol. The molecule has 0 heterocycles. The normalized spacial score (nSPS) is 11.8. The first-order chi connectivity index (χ1) is 8.86. The minimum atomic E-state index is -1.30. The molecule has 1 amide bonds. The van der Waals surface area contributed by atoms with Crippen molar-refractivity contribution >= 4 is 17.6 Å². The summed E-state index contributed by atoms with van der Waals surface area (Å²) in [6.45, 7) is 1.59. The summed E-state index contributed by atoms with van der Waals surface area (Å²) in [4.78, 5) is 21.8. The number of anilines is 1. The number of nitrogens with one attached hydrogen (secondary N) is 1. The zero-order chi connectivity index (χ0) is 14.6. The third kappa shape index (κ3) is 3.64. The van der Waals surface area contributed by atoms with E-state index in [1.165, 1.54) is 6.07 Å². The molecule has 0 spiro atoms. The van der Waals surface area contributed by atoms with Crippen molar-refractivity contribution in [2.75, 3.05) is 12.4 Å². The highest BCUT2D eigenvalue weighted by Gasteiger charge is 2.20. The lowest BCUT2D eigenvalue weighted by Crippen LogP contribution is -2.24. The lowest BCUT2D eigenvalue weighted by molar-refractivity contribution is -0.118. The molecule has 0 fully saturated rings. The second kappa shape index (κ2) is 6.12. The van der Waals surface area contributed by atoms with Crippen LogP contribution in [0.5, 0.6) is 0 Å². The number of hydrogen-bond acceptors (Lipinski definition) is 4. The zero-order valence-corrected chi connectivity index (χ0v) is 10.5. The molecule has 19 heavy (non-hydrogen) atoms. The van der Waals surface area contributed by atoms with Crippen LogP contribution in [0, 0.1) is 11.6 Å². The number of methoxy groups -OCH3 is 1. The number of rotatable bonds is 5. The first-order valence-electron chi connectivity index (χ1n) is 5.48. The van der Waals surface area contributed by atoms with Gasteiger partial charge in [-0.05, 0) is 19.1 Å². The Morgan fingerprint density at radius 1 is 1.37 bits per heavy atom. The Morgan fingerprint density at radius 2 is 2.00 bits per heavy atom. The van der Waals surface area contributed by atoms with Crippen molar-refractivity contribution < 1.29 is 23.1 Å². The van der Waals surface area contributed by atoms with Crippen LogP contribution in [-0.4, -0.2) is 25.0 Å². The third-order valence-corrected chi connectivity index (χ3v) is 2.40. The van der Waals surface area contributed by atoms with Crippen molar-refractivity contribution in [3.63, 3.8) is 0 Å². The summed E-state index contributed by atoms with van der Waals surface area (Å²) in [5.41, 5.74) is 4.34. The number of hydrogen-bond donors (Lipinski definition) is 2. The van der Waals surface area contributed by atoms with E-state index in [1.54, 1.807) is 6.92 Å². The summed E-state index contributed by atoms with van der Waals surface area (Å²) in [6, 6.07) is 1.83. The third-order valence-electron chi connectivity index (χ3n) is 2.40. The van der Waals surface area contributed by atoms with Gasteiger partial charge in [-0.25, -0.2) is 13.6 Å². The van der Waals surface area contributed by atoms with Gasteiger partial charge in [0.15, 0.2) is 11.6 Å². The molecule has 1 aromatic carbocycles. The maximum Gasteiger partial charge on any atom is 0.340 e. The molecule has 1 aromatic rings. The van der Waals surface area contributed by atoms with Gasteiger partial charge < -0.3 is 15.8 Å². The molecule has 0 aliphatic heterocycles. The molecule has 0 aromatic heterocycles. The predicted octanol–water partition coefficient (Wildman–Crippen LogP) is 1.43. The Hall–Kier alpha value is -2.18. The van der Waals surface area contributed by atoms with Gasteiger partial charge in [-0.1, -0.05) is 0 Å². The standard InChI is InChI=1S/C12H14F2N2O3/c1-6(5-9(15)17)16-8-4-3-7(12(18)19-2)10(13)11(8)14/h3-4,6,16H,5H2,1-2H3,(H2,15,17). The Morgan fingerprint density at radius 3 is 2.53 bits per heavy atom. The fraction of sp³-hybridized carbons (Fsp3) is 0.333. The molecule has 0 saturated carbocycles. The smallest absolute Gasteiger partial charge is 0.340 e. The molecule has 0 radical (unpaired) electrons. The SMILES string of the molecule is COC(=O)c1ccc(NC(C)CC(N)=O)c(F)c1F. The van der Waals surface area contributed by atoms with Crippen LogP contribution in [0.25, 0.3) is 0 Å². The maximum absolute atomic E-state index is 13.7. The number of ether oxygens (including phenoxy) is 1. The molecule has 0 saturated heterocycles. The van der Waals surface area contributed by atoms with Crippen LogP contribution in [-0.2, 0) is 9.53 Å². The minimum absolute atomic E-state index is 0.0280. The maximum atomic E-state index is 13.7. The van der Waals surface area contributed by atoms with Gasteiger partial charge in [-0.15, -0.1) is 0 Å². The molecule has 104 valence electrons. The average Bonchev–Trinajstić information content (AvgIpc) is 2.33. The number of halogens is 2. The summed E-state index contributed by atoms with van der Waals surface area (Å²) in [5, 5.41) is 2.60. The Labute approximate surface area is 108 Å². The molecule has 0 aliphatic rings. The quantitative estimate of drug-likeness (QED) is 0.794. The fourth-order valence-corrected chi connectivity index (χ4v) is 1.55. The molecular formula is C12H14F2N2O3. The van der Waals surface area contributed by atoms with E-state index in [0.717, 1.165) is 13.2 Å². The van der Waals surface area contributed by atoms with Gasteiger partial charge in [-0.3, -0.25) is 4.79 Å². The molecule has 0 aliphatic carbocycles. The highest BCUT2D eigenvalue weighted by molar-refractivity contribution is 5.90. The summed E-state index contributed by atoms with van der Waals surface area (Å²) < 4.78 is 31.6. The molecule has 5 nitrogen and oxygen atoms in total. The summed E-state index contributed by atoms with van der Waals surface area (Å²) in [5.74, 6) is -4.04. The van der Waals surface area contributed by atoms with Crippen molar-refractivity contribution in [1.82, 2.24) is 0 Å². The van der Waals surface area contributed by atoms with Crippen molar-refractivity contribution in [2.45, 2.75) is 19.4 Å². The molecule has 3 N–H and O–H groups in total. The van der Waals surface area contributed by atoms with Crippen LogP contribution >= 0.6 is 0 Å². The highest BCUT2D eigenvalue weighted by atomic mass is 19.2. The Kier molecular flexibility index (Phi) is 4.80. The summed E-state index contributed by atoms with van der Waals surface area (Å²) in [7, 11) is 1.07. The summed E-state index contributed by atoms with van der Waals surface area (Å²) in [6.07, 6.45) is -0.0280. The summed E-state index contributed by atoms with van der Waals surface area (Å²) >= 11 is 0. The Balaban J connectivity index is 2.96. The molecule has 7 heteroatoms. The zero-order valence-electron chi connectivity index (χ0n) is 10.5. The first-order valence-corrected chi connectivity index (χ1v) is 5.48. The number of primary amides is 1. The second-order valence-corrected chi connectivity index (χ2v) is 4.00. The van der Waals surface area contributed by atoms with Crippen molar-refractivity contribution in [3.8, 4) is 0 Å². The number of carbonyl (C=O) groups excluding carboxylic acids is 2. The predicted molar refractivity (Wildman–Crippen MR) is 64.6 cm³/mol. The van der Waals surface area contributed by atoms with Crippen LogP contribution in [0.4, 0.5) is 14.5 Å². The van der Waals surface area contributed by atoms with Gasteiger partial charge in [0.25, 0.3) is 0 Å². The van der Waals surface area contributed by atoms with E-state index in [2.05, 4.69) is 10.1 Å². The van der Waals surface area contributed by atoms with E-state index in [9.17, 15) is 18.4 Å². The first kappa shape index (κ1) is 14.9. The van der Waals surface area contributed by atoms with E-state index in [0.29, 0.717) is 0 Å². The van der Waals surface area contributed by atoms with Gasteiger partial charge in [0.1, 0.15) is 0 Å². The Bertz CT molecular complexity index is 506. The molecule has 1 unspecified atom stereocenters. The highest BCUT2D eigenvalue weighted by Crippen LogP contribution is 2.22. The lowest BCUT2D eigenvalue weighted by Gasteiger charge is -2.15. The van der Waals surface area contributed by atoms with E-state index in [-0.39, 0.29) is 12.1 Å². The molecule has 1 rings (SSSR count). The van der Waals surface area contributed by atoms with Gasteiger partial charge >= 0.3 is 5.97 Å². The largest absolute Gasteiger partial charge is 0.465 e. The molecule has 0 bridgehead atoms. The topological polar surface area (TPSA) is 81.4 Å². The van der Waals surface area contributed by atoms with Crippen molar-refractivity contribution in [3.05, 3.63) is 29.3 Å². The van der Waals surface area contributed by atoms with Crippen molar-refractivity contribution in [2.24, 2.45) is 5.73 Å². The molecule has 1 atom stereocenters. The number of carbonyl (C=O) groups is 2. The fourth-order valence-electron chi connectivity index (χ4n) is 1.55. The number of esters is 1. The van der Waals surface area contributed by atoms with Crippen LogP contribution in [0.1, 0.15) is 23.7 Å². The van der Waals surface area contributed by atoms with E-state index in [4.69, 9.17) is 5.73 Å². The van der Waals surface area contributed by atoms with Crippen LogP contribution < -0.4 is 11.1 Å². The van der Waals surface area contributed by atoms with Crippen LogP contribution in [0.3, 0.4) is 0 Å². The van der Waals surface area contributed by atoms with Gasteiger partial charge in [0.2, 0.25) is 5.91 Å². The van der Waals surface area contributed by atoms with Crippen molar-refractivity contribution in [1.29, 1.82) is 0 Å². The van der Waals surface area contributed by atoms with E-state index >= 15 is 0 Å². The van der Waals surface area contributed by atoms with Crippen LogP contribution in [0.2, 0.25) is 0 Å². The number of benzene rings is 1. The van der Waals surface area contributed by atoms with E-state index in [1.807, 2.05) is 0 Å². The number of amides is 1. The second-order valence-electron chi connectivity index (χ2n) is 4.00. The minimum Gasteiger partial charge on any atom is -0.465 e. The van der Waals surface area contributed by atoms with Gasteiger partial charge in [0, 0.05) is 12.5 Å². The lowest BCUT2D eigenvalue weighted by atomic mass is 10.1. The number of nitrogens with two attached hydrogens (primary N) is 1. The average molecular weight is 272 g/mol. The van der Waals surface area contributed by atoms with Gasteiger partial charge in [0.05, 0.1) is 18.4 Å². The van der Waals surface area contributed by atoms with Crippen LogP contribution in [0.15, 0.2) is 12.1 Å². The van der Waals surface area contributed by atoms with E-state index < -0.39 is 35.1 Å².